The van der Waals surface area contributed by atoms with Gasteiger partial charge in [-0.2, -0.15) is 0 Å². The number of hydrogen-bond acceptors (Lipinski definition) is 7. The molecule has 1 saturated heterocycles. The second-order valence-corrected chi connectivity index (χ2v) is 11.8. The lowest BCUT2D eigenvalue weighted by Gasteiger charge is -2.30. The van der Waals surface area contributed by atoms with Crippen LogP contribution >= 0.6 is 11.3 Å². The number of benzene rings is 2. The fraction of sp³-hybridized carbons (Fsp3) is 0.281. The molecule has 0 radical (unpaired) electrons. The molecule has 2 aliphatic rings. The monoisotopic (exact) mass is 601 g/mol. The van der Waals surface area contributed by atoms with Crippen molar-refractivity contribution < 1.29 is 23.1 Å². The number of aromatic nitrogens is 1. The molecule has 2 amide bonds. The number of anilines is 2. The van der Waals surface area contributed by atoms with E-state index in [1.54, 1.807) is 12.3 Å². The lowest BCUT2D eigenvalue weighted by molar-refractivity contribution is -0.131. The lowest BCUT2D eigenvalue weighted by atomic mass is 10.0. The second-order valence-electron chi connectivity index (χ2n) is 10.8. The highest BCUT2D eigenvalue weighted by molar-refractivity contribution is 7.19. The zero-order valence-corrected chi connectivity index (χ0v) is 24.3. The summed E-state index contributed by atoms with van der Waals surface area (Å²) >= 11 is 1.44. The molecule has 0 spiro atoms. The summed E-state index contributed by atoms with van der Waals surface area (Å²) in [5.74, 6) is 4.78. The standard InChI is InChI=1S/C32H29F2N5O3S/c1-38-15-17-39(18-16-38)14-2-3-24-20-26-29(43-24)28(10-13-35-26)42-27-9-8-23(19-25(27)34)37-31(41)32(11-12-32)30(40)36-22-6-4-21(33)5-7-22/h4-10,13,19-20H,11-12,14-18H2,1H3,(H,36,40)(H,37,41). The number of likely N-dealkylation sites (N-methyl/N-ethyl adjacent to an activating group) is 1. The third-order valence-corrected chi connectivity index (χ3v) is 8.67. The van der Waals surface area contributed by atoms with Crippen LogP contribution in [0.5, 0.6) is 11.5 Å². The van der Waals surface area contributed by atoms with E-state index in [9.17, 15) is 14.0 Å². The van der Waals surface area contributed by atoms with Crippen LogP contribution < -0.4 is 15.4 Å². The molecule has 2 N–H and O–H groups in total. The third-order valence-electron chi connectivity index (χ3n) is 7.62. The molecule has 4 aromatic rings. The van der Waals surface area contributed by atoms with Crippen molar-refractivity contribution in [1.82, 2.24) is 14.8 Å². The molecule has 2 aromatic carbocycles. The van der Waals surface area contributed by atoms with E-state index in [0.29, 0.717) is 36.3 Å². The van der Waals surface area contributed by atoms with Crippen molar-refractivity contribution in [3.8, 4) is 23.3 Å². The first-order valence-corrected chi connectivity index (χ1v) is 14.7. The van der Waals surface area contributed by atoms with E-state index < -0.39 is 28.9 Å². The van der Waals surface area contributed by atoms with E-state index in [0.717, 1.165) is 41.8 Å². The average molecular weight is 602 g/mol. The van der Waals surface area contributed by atoms with Crippen molar-refractivity contribution in [2.75, 3.05) is 50.4 Å². The molecule has 2 fully saturated rings. The Balaban J connectivity index is 1.10. The van der Waals surface area contributed by atoms with Crippen LogP contribution in [0, 0.1) is 28.9 Å². The minimum Gasteiger partial charge on any atom is -0.453 e. The van der Waals surface area contributed by atoms with Crippen molar-refractivity contribution in [1.29, 1.82) is 0 Å². The highest BCUT2D eigenvalue weighted by Crippen LogP contribution is 2.47. The molecule has 0 atom stereocenters. The molecule has 220 valence electrons. The molecule has 0 bridgehead atoms. The van der Waals surface area contributed by atoms with Crippen LogP contribution in [0.3, 0.4) is 0 Å². The summed E-state index contributed by atoms with van der Waals surface area (Å²) in [7, 11) is 2.12. The van der Waals surface area contributed by atoms with Crippen LogP contribution in [-0.4, -0.2) is 66.4 Å². The fourth-order valence-electron chi connectivity index (χ4n) is 4.80. The molecule has 2 aromatic heterocycles. The number of pyridine rings is 1. The highest BCUT2D eigenvalue weighted by Gasteiger charge is 2.56. The van der Waals surface area contributed by atoms with Crippen molar-refractivity contribution in [2.24, 2.45) is 5.41 Å². The van der Waals surface area contributed by atoms with Crippen LogP contribution in [0.4, 0.5) is 20.2 Å². The van der Waals surface area contributed by atoms with Gasteiger partial charge < -0.3 is 20.3 Å². The Labute approximate surface area is 251 Å². The molecule has 8 nitrogen and oxygen atoms in total. The quantitative estimate of drug-likeness (QED) is 0.220. The molecule has 11 heteroatoms. The van der Waals surface area contributed by atoms with Gasteiger partial charge in [0.1, 0.15) is 17.0 Å². The minimum absolute atomic E-state index is 0.0169. The molecular formula is C32H29F2N5O3S. The third kappa shape index (κ3) is 6.51. The normalized spacial score (nSPS) is 16.3. The minimum atomic E-state index is -1.26. The number of amides is 2. The van der Waals surface area contributed by atoms with Gasteiger partial charge in [0.05, 0.1) is 21.6 Å². The second kappa shape index (κ2) is 12.1. The number of rotatable bonds is 7. The maximum absolute atomic E-state index is 15.1. The van der Waals surface area contributed by atoms with Crippen LogP contribution in [0.15, 0.2) is 60.8 Å². The SMILES string of the molecule is CN1CCN(CC#Cc2cc3nccc(Oc4ccc(NC(=O)C5(C(=O)Nc6ccc(F)cc6)CC5)cc4F)c3s2)CC1. The van der Waals surface area contributed by atoms with Gasteiger partial charge in [0.2, 0.25) is 11.8 Å². The number of fused-ring (bicyclic) bond motifs is 1. The van der Waals surface area contributed by atoms with Crippen LogP contribution in [0.2, 0.25) is 0 Å². The van der Waals surface area contributed by atoms with Gasteiger partial charge >= 0.3 is 0 Å². The van der Waals surface area contributed by atoms with Crippen molar-refractivity contribution in [3.05, 3.63) is 77.3 Å². The molecule has 1 saturated carbocycles. The number of nitrogens with zero attached hydrogens (tertiary/aromatic N) is 3. The van der Waals surface area contributed by atoms with Gasteiger partial charge in [-0.15, -0.1) is 11.3 Å². The summed E-state index contributed by atoms with van der Waals surface area (Å²) in [6.07, 6.45) is 2.32. The van der Waals surface area contributed by atoms with E-state index in [1.807, 2.05) is 6.07 Å². The van der Waals surface area contributed by atoms with Gasteiger partial charge in [-0.05, 0) is 62.4 Å². The van der Waals surface area contributed by atoms with E-state index in [4.69, 9.17) is 4.74 Å². The Kier molecular flexibility index (Phi) is 8.08. The Morgan fingerprint density at radius 2 is 1.65 bits per heavy atom. The van der Waals surface area contributed by atoms with E-state index in [1.165, 1.54) is 47.7 Å². The molecule has 6 rings (SSSR count). The molecule has 3 heterocycles. The Morgan fingerprint density at radius 1 is 0.953 bits per heavy atom. The average Bonchev–Trinajstić information content (AvgIpc) is 3.71. The number of ether oxygens (including phenoxy) is 1. The first kappa shape index (κ1) is 28.7. The summed E-state index contributed by atoms with van der Waals surface area (Å²) in [6, 6.07) is 13.0. The molecule has 1 aliphatic carbocycles. The Hall–Kier alpha value is -4.37. The molecule has 1 aliphatic heterocycles. The largest absolute Gasteiger partial charge is 0.453 e. The number of thiophene rings is 1. The van der Waals surface area contributed by atoms with Gasteiger partial charge in [0, 0.05) is 55.9 Å². The molecular weight excluding hydrogens is 572 g/mol. The van der Waals surface area contributed by atoms with Gasteiger partial charge in [-0.1, -0.05) is 11.8 Å². The van der Waals surface area contributed by atoms with E-state index >= 15 is 4.39 Å². The number of carbonyl (C=O) groups excluding carboxylic acids is 2. The molecule has 0 unspecified atom stereocenters. The maximum Gasteiger partial charge on any atom is 0.240 e. The zero-order chi connectivity index (χ0) is 30.0. The zero-order valence-electron chi connectivity index (χ0n) is 23.5. The number of piperazine rings is 1. The number of halogens is 2. The van der Waals surface area contributed by atoms with Crippen molar-refractivity contribution >= 4 is 44.7 Å². The predicted octanol–water partition coefficient (Wildman–Crippen LogP) is 5.32. The number of hydrogen-bond donors (Lipinski definition) is 2. The summed E-state index contributed by atoms with van der Waals surface area (Å²) in [5.41, 5.74) is 0.0418. The first-order valence-electron chi connectivity index (χ1n) is 13.9. The number of carbonyl (C=O) groups is 2. The Morgan fingerprint density at radius 3 is 2.35 bits per heavy atom. The maximum atomic E-state index is 15.1. The Bertz CT molecular complexity index is 1740. The van der Waals surface area contributed by atoms with Gasteiger partial charge in [-0.25, -0.2) is 8.78 Å². The van der Waals surface area contributed by atoms with Gasteiger partial charge in [0.25, 0.3) is 0 Å². The van der Waals surface area contributed by atoms with Crippen LogP contribution in [-0.2, 0) is 9.59 Å². The summed E-state index contributed by atoms with van der Waals surface area (Å²) in [6.45, 7) is 4.77. The van der Waals surface area contributed by atoms with Crippen LogP contribution in [0.25, 0.3) is 10.2 Å². The summed E-state index contributed by atoms with van der Waals surface area (Å²) in [5, 5.41) is 5.30. The fourth-order valence-corrected chi connectivity index (χ4v) is 5.74. The lowest BCUT2D eigenvalue weighted by Crippen LogP contribution is -2.44. The smallest absolute Gasteiger partial charge is 0.240 e. The van der Waals surface area contributed by atoms with Crippen molar-refractivity contribution in [3.63, 3.8) is 0 Å². The number of nitrogens with one attached hydrogen (secondary N) is 2. The van der Waals surface area contributed by atoms with Crippen molar-refractivity contribution in [2.45, 2.75) is 12.8 Å². The van der Waals surface area contributed by atoms with Gasteiger partial charge in [-0.3, -0.25) is 19.5 Å². The van der Waals surface area contributed by atoms with Gasteiger partial charge in [0.15, 0.2) is 11.6 Å². The van der Waals surface area contributed by atoms with Crippen LogP contribution in [0.1, 0.15) is 17.7 Å². The summed E-state index contributed by atoms with van der Waals surface area (Å²) in [4.78, 5) is 35.7. The first-order chi connectivity index (χ1) is 20.8. The topological polar surface area (TPSA) is 86.8 Å². The van der Waals surface area contributed by atoms with E-state index in [-0.39, 0.29) is 11.4 Å². The highest BCUT2D eigenvalue weighted by atomic mass is 32.1. The summed E-state index contributed by atoms with van der Waals surface area (Å²) < 4.78 is 35.0. The van der Waals surface area contributed by atoms with E-state index in [2.05, 4.69) is 44.3 Å². The molecule has 43 heavy (non-hydrogen) atoms. The predicted molar refractivity (Wildman–Crippen MR) is 162 cm³/mol.